The summed E-state index contributed by atoms with van der Waals surface area (Å²) < 4.78 is 0. The Kier molecular flexibility index (Phi) is 2.69. The van der Waals surface area contributed by atoms with Gasteiger partial charge in [0.15, 0.2) is 0 Å². The quantitative estimate of drug-likeness (QED) is 0.600. The molecule has 1 aliphatic heterocycles. The number of rotatable bonds is 2. The van der Waals surface area contributed by atoms with Gasteiger partial charge < -0.3 is 5.32 Å². The van der Waals surface area contributed by atoms with Crippen molar-refractivity contribution < 1.29 is 4.79 Å². The fraction of sp³-hybridized carbons (Fsp3) is 0.667. The van der Waals surface area contributed by atoms with Gasteiger partial charge in [0, 0.05) is 12.5 Å². The van der Waals surface area contributed by atoms with Crippen molar-refractivity contribution >= 4 is 5.91 Å². The lowest BCUT2D eigenvalue weighted by molar-refractivity contribution is -0.123. The Morgan fingerprint density at radius 3 is 3.09 bits per heavy atom. The summed E-state index contributed by atoms with van der Waals surface area (Å²) >= 11 is 0. The molecule has 0 radical (unpaired) electrons. The molecule has 2 heteroatoms. The zero-order valence-corrected chi connectivity index (χ0v) is 7.02. The number of hydrogen-bond acceptors (Lipinski definition) is 1. The third kappa shape index (κ3) is 2.74. The predicted octanol–water partition coefficient (Wildman–Crippen LogP) is 1.62. The monoisotopic (exact) mass is 153 g/mol. The van der Waals surface area contributed by atoms with Crippen molar-refractivity contribution in [3.63, 3.8) is 0 Å². The minimum Gasteiger partial charge on any atom is -0.353 e. The Hall–Kier alpha value is -0.790. The van der Waals surface area contributed by atoms with Gasteiger partial charge in [-0.05, 0) is 26.2 Å². The molecule has 1 atom stereocenters. The van der Waals surface area contributed by atoms with Crippen molar-refractivity contribution in [1.29, 1.82) is 0 Å². The van der Waals surface area contributed by atoms with E-state index in [2.05, 4.69) is 11.9 Å². The molecular weight excluding hydrogens is 138 g/mol. The normalized spacial score (nSPS) is 24.5. The molecule has 1 amide bonds. The molecule has 0 bridgehead atoms. The van der Waals surface area contributed by atoms with Crippen molar-refractivity contribution in [2.75, 3.05) is 0 Å². The topological polar surface area (TPSA) is 29.1 Å². The maximum Gasteiger partial charge on any atom is 0.220 e. The standard InChI is InChI=1S/C9H15NO/c1-7(2)6-8-4-3-5-9(11)10-8/h8H,1,3-6H2,2H3,(H,10,11). The molecule has 1 N–H and O–H groups in total. The molecule has 0 aliphatic carbocycles. The molecular formula is C9H15NO. The largest absolute Gasteiger partial charge is 0.353 e. The minimum absolute atomic E-state index is 0.197. The SMILES string of the molecule is C=C(C)CC1CCCC(=O)N1. The summed E-state index contributed by atoms with van der Waals surface area (Å²) in [6.07, 6.45) is 3.78. The number of carbonyl (C=O) groups is 1. The number of amides is 1. The molecule has 0 aromatic carbocycles. The van der Waals surface area contributed by atoms with E-state index >= 15 is 0 Å². The van der Waals surface area contributed by atoms with Crippen LogP contribution in [0.4, 0.5) is 0 Å². The average Bonchev–Trinajstić information content (AvgIpc) is 1.85. The molecule has 2 nitrogen and oxygen atoms in total. The van der Waals surface area contributed by atoms with Crippen LogP contribution < -0.4 is 5.32 Å². The van der Waals surface area contributed by atoms with Gasteiger partial charge in [0.05, 0.1) is 0 Å². The predicted molar refractivity (Wildman–Crippen MR) is 45.2 cm³/mol. The van der Waals surface area contributed by atoms with Crippen LogP contribution in [-0.4, -0.2) is 11.9 Å². The van der Waals surface area contributed by atoms with Crippen molar-refractivity contribution in [2.45, 2.75) is 38.6 Å². The van der Waals surface area contributed by atoms with Crippen molar-refractivity contribution in [3.05, 3.63) is 12.2 Å². The third-order valence-corrected chi connectivity index (χ3v) is 1.92. The van der Waals surface area contributed by atoms with E-state index in [9.17, 15) is 4.79 Å². The molecule has 11 heavy (non-hydrogen) atoms. The van der Waals surface area contributed by atoms with Crippen molar-refractivity contribution in [2.24, 2.45) is 0 Å². The smallest absolute Gasteiger partial charge is 0.220 e. The Bertz CT molecular complexity index is 172. The van der Waals surface area contributed by atoms with Gasteiger partial charge in [0.25, 0.3) is 0 Å². The Morgan fingerprint density at radius 1 is 1.82 bits per heavy atom. The maximum atomic E-state index is 10.9. The van der Waals surface area contributed by atoms with Crippen LogP contribution in [-0.2, 0) is 4.79 Å². The van der Waals surface area contributed by atoms with Crippen LogP contribution in [0.3, 0.4) is 0 Å². The molecule has 1 heterocycles. The molecule has 1 unspecified atom stereocenters. The highest BCUT2D eigenvalue weighted by Gasteiger charge is 2.17. The summed E-state index contributed by atoms with van der Waals surface area (Å²) in [4.78, 5) is 10.9. The first kappa shape index (κ1) is 8.31. The van der Waals surface area contributed by atoms with E-state index in [0.29, 0.717) is 12.5 Å². The van der Waals surface area contributed by atoms with Crippen LogP contribution in [0, 0.1) is 0 Å². The van der Waals surface area contributed by atoms with E-state index in [1.165, 1.54) is 0 Å². The fourth-order valence-electron chi connectivity index (χ4n) is 1.45. The third-order valence-electron chi connectivity index (χ3n) is 1.92. The van der Waals surface area contributed by atoms with Crippen LogP contribution in [0.5, 0.6) is 0 Å². The number of carbonyl (C=O) groups excluding carboxylic acids is 1. The summed E-state index contributed by atoms with van der Waals surface area (Å²) in [5.41, 5.74) is 1.15. The van der Waals surface area contributed by atoms with Crippen LogP contribution in [0.15, 0.2) is 12.2 Å². The number of nitrogens with one attached hydrogen (secondary N) is 1. The highest BCUT2D eigenvalue weighted by molar-refractivity contribution is 5.76. The Labute approximate surface area is 67.7 Å². The summed E-state index contributed by atoms with van der Waals surface area (Å²) in [6.45, 7) is 5.82. The second-order valence-electron chi connectivity index (χ2n) is 3.32. The lowest BCUT2D eigenvalue weighted by atomic mass is 9.99. The summed E-state index contributed by atoms with van der Waals surface area (Å²) in [7, 11) is 0. The van der Waals surface area contributed by atoms with Crippen LogP contribution in [0.25, 0.3) is 0 Å². The lowest BCUT2D eigenvalue weighted by Crippen LogP contribution is -2.38. The van der Waals surface area contributed by atoms with Crippen LogP contribution in [0.2, 0.25) is 0 Å². The first-order valence-electron chi connectivity index (χ1n) is 4.12. The van der Waals surface area contributed by atoms with E-state index in [-0.39, 0.29) is 5.91 Å². The van der Waals surface area contributed by atoms with Gasteiger partial charge in [-0.15, -0.1) is 6.58 Å². The molecule has 0 saturated carbocycles. The van der Waals surface area contributed by atoms with Gasteiger partial charge in [0.1, 0.15) is 0 Å². The average molecular weight is 153 g/mol. The lowest BCUT2D eigenvalue weighted by Gasteiger charge is -2.22. The Morgan fingerprint density at radius 2 is 2.55 bits per heavy atom. The molecule has 1 rings (SSSR count). The second-order valence-corrected chi connectivity index (χ2v) is 3.32. The molecule has 1 saturated heterocycles. The maximum absolute atomic E-state index is 10.9. The summed E-state index contributed by atoms with van der Waals surface area (Å²) in [6, 6.07) is 0.355. The summed E-state index contributed by atoms with van der Waals surface area (Å²) in [5.74, 6) is 0.197. The van der Waals surface area contributed by atoms with Gasteiger partial charge in [-0.1, -0.05) is 5.57 Å². The minimum atomic E-state index is 0.197. The summed E-state index contributed by atoms with van der Waals surface area (Å²) in [5, 5.41) is 2.95. The van der Waals surface area contributed by atoms with E-state index < -0.39 is 0 Å². The highest BCUT2D eigenvalue weighted by atomic mass is 16.1. The van der Waals surface area contributed by atoms with Gasteiger partial charge in [-0.2, -0.15) is 0 Å². The van der Waals surface area contributed by atoms with Crippen molar-refractivity contribution in [3.8, 4) is 0 Å². The molecule has 1 aliphatic rings. The number of piperidine rings is 1. The molecule has 1 fully saturated rings. The highest BCUT2D eigenvalue weighted by Crippen LogP contribution is 2.13. The van der Waals surface area contributed by atoms with E-state index in [4.69, 9.17) is 0 Å². The molecule has 0 aromatic rings. The van der Waals surface area contributed by atoms with Crippen LogP contribution in [0.1, 0.15) is 32.6 Å². The molecule has 0 spiro atoms. The van der Waals surface area contributed by atoms with Crippen molar-refractivity contribution in [1.82, 2.24) is 5.32 Å². The first-order valence-corrected chi connectivity index (χ1v) is 4.12. The van der Waals surface area contributed by atoms with Gasteiger partial charge >= 0.3 is 0 Å². The molecule has 62 valence electrons. The zero-order chi connectivity index (χ0) is 8.27. The van der Waals surface area contributed by atoms with E-state index in [0.717, 1.165) is 24.8 Å². The van der Waals surface area contributed by atoms with Crippen LogP contribution >= 0.6 is 0 Å². The fourth-order valence-corrected chi connectivity index (χ4v) is 1.45. The van der Waals surface area contributed by atoms with E-state index in [1.54, 1.807) is 0 Å². The second kappa shape index (κ2) is 3.56. The van der Waals surface area contributed by atoms with Gasteiger partial charge in [-0.3, -0.25) is 4.79 Å². The number of hydrogen-bond donors (Lipinski definition) is 1. The van der Waals surface area contributed by atoms with Gasteiger partial charge in [0.2, 0.25) is 5.91 Å². The van der Waals surface area contributed by atoms with Gasteiger partial charge in [-0.25, -0.2) is 0 Å². The zero-order valence-electron chi connectivity index (χ0n) is 7.02. The molecule has 0 aromatic heterocycles. The Balaban J connectivity index is 2.34. The first-order chi connectivity index (χ1) is 5.18. The van der Waals surface area contributed by atoms with E-state index in [1.807, 2.05) is 6.92 Å².